The summed E-state index contributed by atoms with van der Waals surface area (Å²) in [5.41, 5.74) is 1.18. The van der Waals surface area contributed by atoms with Gasteiger partial charge in [-0.25, -0.2) is 0 Å². The van der Waals surface area contributed by atoms with Crippen molar-refractivity contribution in [1.29, 1.82) is 0 Å². The van der Waals surface area contributed by atoms with Gasteiger partial charge in [0.1, 0.15) is 0 Å². The summed E-state index contributed by atoms with van der Waals surface area (Å²) >= 11 is 0. The SMILES string of the molecule is CC(C)c1nnc(N2CCN(C(=O)CCCc3cccnc3)CC2)o1. The Balaban J connectivity index is 1.42. The Hall–Kier alpha value is -2.44. The summed E-state index contributed by atoms with van der Waals surface area (Å²) in [6.45, 7) is 6.91. The largest absolute Gasteiger partial charge is 0.408 e. The van der Waals surface area contributed by atoms with E-state index in [1.807, 2.05) is 37.1 Å². The van der Waals surface area contributed by atoms with Gasteiger partial charge in [-0.15, -0.1) is 5.10 Å². The van der Waals surface area contributed by atoms with E-state index in [1.54, 1.807) is 6.20 Å². The number of hydrogen-bond donors (Lipinski definition) is 0. The number of pyridine rings is 1. The van der Waals surface area contributed by atoms with Crippen LogP contribution in [0.3, 0.4) is 0 Å². The molecule has 0 radical (unpaired) electrons. The number of amides is 1. The van der Waals surface area contributed by atoms with Crippen LogP contribution in [-0.2, 0) is 11.2 Å². The fourth-order valence-electron chi connectivity index (χ4n) is 2.88. The molecule has 0 spiro atoms. The van der Waals surface area contributed by atoms with Gasteiger partial charge in [0.05, 0.1) is 0 Å². The van der Waals surface area contributed by atoms with E-state index in [0.29, 0.717) is 31.4 Å². The van der Waals surface area contributed by atoms with Crippen LogP contribution < -0.4 is 4.90 Å². The topological polar surface area (TPSA) is 75.4 Å². The highest BCUT2D eigenvalue weighted by atomic mass is 16.4. The predicted octanol–water partition coefficient (Wildman–Crippen LogP) is 2.26. The van der Waals surface area contributed by atoms with Gasteiger partial charge in [0.25, 0.3) is 0 Å². The first-order valence-corrected chi connectivity index (χ1v) is 8.88. The molecule has 3 heterocycles. The minimum absolute atomic E-state index is 0.219. The predicted molar refractivity (Wildman–Crippen MR) is 94.4 cm³/mol. The third-order valence-electron chi connectivity index (χ3n) is 4.41. The molecule has 7 heteroatoms. The molecule has 1 amide bonds. The van der Waals surface area contributed by atoms with Crippen molar-refractivity contribution in [3.05, 3.63) is 36.0 Å². The Kier molecular flexibility index (Phi) is 5.63. The molecule has 1 saturated heterocycles. The highest BCUT2D eigenvalue weighted by molar-refractivity contribution is 5.76. The van der Waals surface area contributed by atoms with E-state index in [1.165, 1.54) is 5.56 Å². The van der Waals surface area contributed by atoms with Gasteiger partial charge in [-0.2, -0.15) is 0 Å². The molecule has 1 aliphatic heterocycles. The molecule has 0 aromatic carbocycles. The molecule has 25 heavy (non-hydrogen) atoms. The third kappa shape index (κ3) is 4.55. The summed E-state index contributed by atoms with van der Waals surface area (Å²) in [6.07, 6.45) is 5.94. The zero-order valence-corrected chi connectivity index (χ0v) is 14.9. The van der Waals surface area contributed by atoms with E-state index < -0.39 is 0 Å². The van der Waals surface area contributed by atoms with Crippen molar-refractivity contribution in [2.75, 3.05) is 31.1 Å². The maximum Gasteiger partial charge on any atom is 0.318 e. The van der Waals surface area contributed by atoms with E-state index in [-0.39, 0.29) is 11.8 Å². The van der Waals surface area contributed by atoms with E-state index in [0.717, 1.165) is 25.9 Å². The summed E-state index contributed by atoms with van der Waals surface area (Å²) < 4.78 is 5.69. The van der Waals surface area contributed by atoms with Crippen LogP contribution in [0.25, 0.3) is 0 Å². The van der Waals surface area contributed by atoms with Crippen molar-refractivity contribution in [2.24, 2.45) is 0 Å². The standard InChI is InChI=1S/C18H25N5O2/c1-14(2)17-20-21-18(25-17)23-11-9-22(10-12-23)16(24)7-3-5-15-6-4-8-19-13-15/h4,6,8,13-14H,3,5,7,9-12H2,1-2H3. The van der Waals surface area contributed by atoms with Gasteiger partial charge in [0.15, 0.2) is 0 Å². The summed E-state index contributed by atoms with van der Waals surface area (Å²) in [5.74, 6) is 1.10. The molecule has 7 nitrogen and oxygen atoms in total. The van der Waals surface area contributed by atoms with Crippen LogP contribution in [-0.4, -0.2) is 52.2 Å². The second-order valence-electron chi connectivity index (χ2n) is 6.66. The minimum Gasteiger partial charge on any atom is -0.408 e. The fourth-order valence-corrected chi connectivity index (χ4v) is 2.88. The van der Waals surface area contributed by atoms with Gasteiger partial charge in [0, 0.05) is 50.9 Å². The van der Waals surface area contributed by atoms with Crippen molar-refractivity contribution >= 4 is 11.9 Å². The number of aryl methyl sites for hydroxylation is 1. The second kappa shape index (κ2) is 8.09. The third-order valence-corrected chi connectivity index (χ3v) is 4.41. The Morgan fingerprint density at radius 3 is 2.68 bits per heavy atom. The molecule has 1 fully saturated rings. The van der Waals surface area contributed by atoms with Crippen LogP contribution in [0.5, 0.6) is 0 Å². The molecule has 1 aliphatic rings. The van der Waals surface area contributed by atoms with Crippen LogP contribution in [0.1, 0.15) is 44.1 Å². The van der Waals surface area contributed by atoms with Crippen LogP contribution >= 0.6 is 0 Å². The lowest BCUT2D eigenvalue weighted by atomic mass is 10.1. The molecule has 0 atom stereocenters. The lowest BCUT2D eigenvalue weighted by Gasteiger charge is -2.33. The molecular formula is C18H25N5O2. The normalized spacial score (nSPS) is 15.0. The van der Waals surface area contributed by atoms with Crippen LogP contribution in [0.2, 0.25) is 0 Å². The number of anilines is 1. The van der Waals surface area contributed by atoms with Gasteiger partial charge in [-0.1, -0.05) is 25.0 Å². The van der Waals surface area contributed by atoms with E-state index in [2.05, 4.69) is 20.1 Å². The molecule has 0 N–H and O–H groups in total. The molecule has 3 rings (SSSR count). The zero-order valence-electron chi connectivity index (χ0n) is 14.9. The fraction of sp³-hybridized carbons (Fsp3) is 0.556. The van der Waals surface area contributed by atoms with Crippen LogP contribution in [0, 0.1) is 0 Å². The van der Waals surface area contributed by atoms with Crippen molar-refractivity contribution in [3.63, 3.8) is 0 Å². The average molecular weight is 343 g/mol. The highest BCUT2D eigenvalue weighted by Crippen LogP contribution is 2.19. The lowest BCUT2D eigenvalue weighted by Crippen LogP contribution is -2.48. The lowest BCUT2D eigenvalue weighted by molar-refractivity contribution is -0.131. The second-order valence-corrected chi connectivity index (χ2v) is 6.66. The summed E-state index contributed by atoms with van der Waals surface area (Å²) in [6, 6.07) is 4.54. The Morgan fingerprint density at radius 2 is 2.04 bits per heavy atom. The first kappa shape index (κ1) is 17.4. The molecular weight excluding hydrogens is 318 g/mol. The molecule has 0 aliphatic carbocycles. The highest BCUT2D eigenvalue weighted by Gasteiger charge is 2.24. The average Bonchev–Trinajstić information content (AvgIpc) is 3.13. The maximum atomic E-state index is 12.4. The van der Waals surface area contributed by atoms with Crippen molar-refractivity contribution in [3.8, 4) is 0 Å². The first-order valence-electron chi connectivity index (χ1n) is 8.88. The molecule has 2 aromatic heterocycles. The maximum absolute atomic E-state index is 12.4. The van der Waals surface area contributed by atoms with Crippen LogP contribution in [0.4, 0.5) is 6.01 Å². The Labute approximate surface area is 148 Å². The van der Waals surface area contributed by atoms with Crippen molar-refractivity contribution in [2.45, 2.75) is 39.0 Å². The molecule has 0 saturated carbocycles. The molecule has 2 aromatic rings. The first-order chi connectivity index (χ1) is 12.1. The number of carbonyl (C=O) groups excluding carboxylic acids is 1. The monoisotopic (exact) mass is 343 g/mol. The number of rotatable bonds is 6. The van der Waals surface area contributed by atoms with Gasteiger partial charge < -0.3 is 14.2 Å². The van der Waals surface area contributed by atoms with Crippen molar-refractivity contribution in [1.82, 2.24) is 20.1 Å². The smallest absolute Gasteiger partial charge is 0.318 e. The van der Waals surface area contributed by atoms with E-state index in [9.17, 15) is 4.79 Å². The molecule has 134 valence electrons. The van der Waals surface area contributed by atoms with Gasteiger partial charge in [-0.05, 0) is 24.5 Å². The summed E-state index contributed by atoms with van der Waals surface area (Å²) in [7, 11) is 0. The van der Waals surface area contributed by atoms with Crippen LogP contribution in [0.15, 0.2) is 28.9 Å². The molecule has 0 unspecified atom stereocenters. The van der Waals surface area contributed by atoms with Crippen molar-refractivity contribution < 1.29 is 9.21 Å². The number of nitrogens with zero attached hydrogens (tertiary/aromatic N) is 5. The summed E-state index contributed by atoms with van der Waals surface area (Å²) in [5, 5.41) is 8.18. The number of hydrogen-bond acceptors (Lipinski definition) is 6. The van der Waals surface area contributed by atoms with Gasteiger partial charge in [-0.3, -0.25) is 9.78 Å². The number of aromatic nitrogens is 3. The van der Waals surface area contributed by atoms with Gasteiger partial charge in [0.2, 0.25) is 11.8 Å². The van der Waals surface area contributed by atoms with E-state index in [4.69, 9.17) is 4.42 Å². The quantitative estimate of drug-likeness (QED) is 0.801. The number of carbonyl (C=O) groups is 1. The van der Waals surface area contributed by atoms with E-state index >= 15 is 0 Å². The Bertz CT molecular complexity index is 678. The number of piperazine rings is 1. The summed E-state index contributed by atoms with van der Waals surface area (Å²) in [4.78, 5) is 20.5. The molecule has 0 bridgehead atoms. The minimum atomic E-state index is 0.219. The van der Waals surface area contributed by atoms with Gasteiger partial charge >= 0.3 is 6.01 Å². The Morgan fingerprint density at radius 1 is 1.24 bits per heavy atom. The zero-order chi connectivity index (χ0) is 17.6.